The lowest BCUT2D eigenvalue weighted by molar-refractivity contribution is -0.406. The summed E-state index contributed by atoms with van der Waals surface area (Å²) in [6, 6.07) is 0. The summed E-state index contributed by atoms with van der Waals surface area (Å²) in [6.45, 7) is 8.66. The average molecular weight is 430 g/mol. The molecular weight excluding hydrogens is 402 g/mol. The van der Waals surface area contributed by atoms with Crippen LogP contribution in [-0.4, -0.2) is 34.6 Å². The predicted octanol–water partition coefficient (Wildman–Crippen LogP) is 5.57. The van der Waals surface area contributed by atoms with E-state index >= 15 is 0 Å². The third kappa shape index (κ3) is 3.91. The number of carbonyl (C=O) groups is 1. The van der Waals surface area contributed by atoms with Crippen molar-refractivity contribution in [3.05, 3.63) is 12.2 Å². The van der Waals surface area contributed by atoms with E-state index in [-0.39, 0.29) is 24.3 Å². The first-order chi connectivity index (χ1) is 12.9. The topological polar surface area (TPSA) is 46.5 Å². The van der Waals surface area contributed by atoms with Crippen molar-refractivity contribution in [2.45, 2.75) is 83.4 Å². The highest BCUT2D eigenvalue weighted by atomic mass is 19.4. The van der Waals surface area contributed by atoms with Crippen molar-refractivity contribution in [3.63, 3.8) is 0 Å². The zero-order valence-electron chi connectivity index (χ0n) is 17.0. The number of ether oxygens (including phenoxy) is 1. The Kier molecular flexibility index (Phi) is 5.94. The Morgan fingerprint density at radius 1 is 1.10 bits per heavy atom. The molecule has 0 aromatic heterocycles. The van der Waals surface area contributed by atoms with Crippen LogP contribution in [0.5, 0.6) is 0 Å². The molecular formula is C20H28F6O3. The Bertz CT molecular complexity index is 652. The van der Waals surface area contributed by atoms with Crippen LogP contribution in [0, 0.1) is 23.2 Å². The van der Waals surface area contributed by atoms with Gasteiger partial charge in [0.15, 0.2) is 0 Å². The molecule has 0 heterocycles. The number of esters is 1. The number of hydrogen-bond acceptors (Lipinski definition) is 3. The molecule has 0 spiro atoms. The Labute approximate surface area is 166 Å². The highest BCUT2D eigenvalue weighted by Crippen LogP contribution is 2.63. The van der Waals surface area contributed by atoms with Crippen molar-refractivity contribution >= 4 is 5.97 Å². The zero-order valence-corrected chi connectivity index (χ0v) is 17.0. The standard InChI is InChI=1S/C20H28F6O3/c1-6-11(2)15(27)29-17(5)9-12-7-13(10-17)14(8-12)16(3,4)18(28,19(21,22)23)20(24,25)26/h12-14,28H,2,6-10H2,1,3-5H3/t12?,13?,14?,17-/m0/s1. The maximum atomic E-state index is 13.5. The molecule has 9 heteroatoms. The molecule has 3 nitrogen and oxygen atoms in total. The lowest BCUT2D eigenvalue weighted by Gasteiger charge is -2.49. The van der Waals surface area contributed by atoms with Gasteiger partial charge in [-0.05, 0) is 56.8 Å². The van der Waals surface area contributed by atoms with E-state index < -0.39 is 46.8 Å². The van der Waals surface area contributed by atoms with Crippen LogP contribution in [0.1, 0.15) is 59.8 Å². The lowest BCUT2D eigenvalue weighted by atomic mass is 9.61. The van der Waals surface area contributed by atoms with Crippen molar-refractivity contribution in [2.75, 3.05) is 0 Å². The Balaban J connectivity index is 2.34. The summed E-state index contributed by atoms with van der Waals surface area (Å²) in [4.78, 5) is 12.1. The number of aliphatic hydroxyl groups is 1. The number of carbonyl (C=O) groups excluding carboxylic acids is 1. The summed E-state index contributed by atoms with van der Waals surface area (Å²) in [5.41, 5.74) is -8.07. The molecule has 4 atom stereocenters. The molecule has 0 aromatic carbocycles. The van der Waals surface area contributed by atoms with Gasteiger partial charge in [-0.15, -0.1) is 0 Å². The highest BCUT2D eigenvalue weighted by Gasteiger charge is 2.78. The number of halogens is 6. The monoisotopic (exact) mass is 430 g/mol. The first-order valence-corrected chi connectivity index (χ1v) is 9.66. The maximum Gasteiger partial charge on any atom is 0.426 e. The van der Waals surface area contributed by atoms with Crippen LogP contribution in [0.25, 0.3) is 0 Å². The van der Waals surface area contributed by atoms with Crippen LogP contribution in [0.3, 0.4) is 0 Å². The zero-order chi connectivity index (χ0) is 22.6. The molecule has 2 aliphatic carbocycles. The summed E-state index contributed by atoms with van der Waals surface area (Å²) >= 11 is 0. The average Bonchev–Trinajstić information content (AvgIpc) is 2.86. The van der Waals surface area contributed by atoms with Gasteiger partial charge in [-0.2, -0.15) is 26.3 Å². The summed E-state index contributed by atoms with van der Waals surface area (Å²) in [5, 5.41) is 10.0. The molecule has 2 rings (SSSR count). The Morgan fingerprint density at radius 2 is 1.62 bits per heavy atom. The van der Waals surface area contributed by atoms with Gasteiger partial charge in [-0.1, -0.05) is 27.4 Å². The fraction of sp³-hybridized carbons (Fsp3) is 0.850. The number of hydrogen-bond donors (Lipinski definition) is 1. The molecule has 3 unspecified atom stereocenters. The van der Waals surface area contributed by atoms with E-state index in [1.54, 1.807) is 13.8 Å². The Morgan fingerprint density at radius 3 is 2.07 bits per heavy atom. The van der Waals surface area contributed by atoms with E-state index in [1.165, 1.54) is 0 Å². The predicted molar refractivity (Wildman–Crippen MR) is 93.7 cm³/mol. The minimum atomic E-state index is -5.87. The largest absolute Gasteiger partial charge is 0.456 e. The molecule has 0 radical (unpaired) electrons. The fourth-order valence-corrected chi connectivity index (χ4v) is 5.45. The fourth-order valence-electron chi connectivity index (χ4n) is 5.45. The summed E-state index contributed by atoms with van der Waals surface area (Å²) < 4.78 is 86.5. The Hall–Kier alpha value is -1.25. The van der Waals surface area contributed by atoms with Gasteiger partial charge >= 0.3 is 18.3 Å². The second-order valence-electron chi connectivity index (χ2n) is 9.34. The smallest absolute Gasteiger partial charge is 0.426 e. The highest BCUT2D eigenvalue weighted by molar-refractivity contribution is 5.87. The van der Waals surface area contributed by atoms with Gasteiger partial charge in [0.2, 0.25) is 0 Å². The van der Waals surface area contributed by atoms with Gasteiger partial charge in [-0.3, -0.25) is 0 Å². The van der Waals surface area contributed by atoms with E-state index in [4.69, 9.17) is 4.74 Å². The van der Waals surface area contributed by atoms with E-state index in [2.05, 4.69) is 6.58 Å². The van der Waals surface area contributed by atoms with Crippen LogP contribution >= 0.6 is 0 Å². The number of fused-ring (bicyclic) bond motifs is 2. The minimum Gasteiger partial charge on any atom is -0.456 e. The van der Waals surface area contributed by atoms with Crippen LogP contribution in [-0.2, 0) is 9.53 Å². The third-order valence-corrected chi connectivity index (χ3v) is 6.94. The van der Waals surface area contributed by atoms with Gasteiger partial charge in [0.05, 0.1) is 0 Å². The maximum absolute atomic E-state index is 13.5. The number of rotatable bonds is 5. The third-order valence-electron chi connectivity index (χ3n) is 6.94. The second-order valence-corrected chi connectivity index (χ2v) is 9.34. The molecule has 2 fully saturated rings. The normalized spacial score (nSPS) is 30.9. The summed E-state index contributed by atoms with van der Waals surface area (Å²) in [6.07, 6.45) is -10.3. The van der Waals surface area contributed by atoms with Crippen molar-refractivity contribution in [1.29, 1.82) is 0 Å². The quantitative estimate of drug-likeness (QED) is 0.352. The molecule has 2 aliphatic rings. The van der Waals surface area contributed by atoms with Gasteiger partial charge in [-0.25, -0.2) is 4.79 Å². The van der Waals surface area contributed by atoms with Gasteiger partial charge in [0, 0.05) is 11.0 Å². The molecule has 0 aliphatic heterocycles. The molecule has 168 valence electrons. The van der Waals surface area contributed by atoms with Crippen molar-refractivity contribution in [1.82, 2.24) is 0 Å². The van der Waals surface area contributed by atoms with Gasteiger partial charge in [0.25, 0.3) is 5.60 Å². The SMILES string of the molecule is C=C(CC)C(=O)O[C@@]1(C)CC2CC(C1)C(C(C)(C)C(O)(C(F)(F)F)C(F)(F)F)C2. The number of alkyl halides is 6. The van der Waals surface area contributed by atoms with Crippen LogP contribution < -0.4 is 0 Å². The molecule has 0 aromatic rings. The molecule has 0 amide bonds. The summed E-state index contributed by atoms with van der Waals surface area (Å²) in [7, 11) is 0. The summed E-state index contributed by atoms with van der Waals surface area (Å²) in [5.74, 6) is -2.35. The van der Waals surface area contributed by atoms with Crippen molar-refractivity contribution in [3.8, 4) is 0 Å². The first-order valence-electron chi connectivity index (χ1n) is 9.66. The van der Waals surface area contributed by atoms with E-state index in [9.17, 15) is 36.2 Å². The van der Waals surface area contributed by atoms with Gasteiger partial charge in [0.1, 0.15) is 5.60 Å². The molecule has 1 N–H and O–H groups in total. The molecule has 0 saturated heterocycles. The lowest BCUT2D eigenvalue weighted by Crippen LogP contribution is -2.67. The van der Waals surface area contributed by atoms with Crippen LogP contribution in [0.2, 0.25) is 0 Å². The second kappa shape index (κ2) is 7.17. The van der Waals surface area contributed by atoms with E-state index in [0.29, 0.717) is 19.3 Å². The minimum absolute atomic E-state index is 0.105. The van der Waals surface area contributed by atoms with Crippen molar-refractivity contribution in [2.24, 2.45) is 23.2 Å². The first kappa shape index (κ1) is 24.0. The van der Waals surface area contributed by atoms with E-state index in [0.717, 1.165) is 13.8 Å². The van der Waals surface area contributed by atoms with Crippen LogP contribution in [0.4, 0.5) is 26.3 Å². The van der Waals surface area contributed by atoms with Crippen molar-refractivity contribution < 1.29 is 41.0 Å². The molecule has 2 bridgehead atoms. The molecule has 29 heavy (non-hydrogen) atoms. The molecule has 2 saturated carbocycles. The van der Waals surface area contributed by atoms with E-state index in [1.807, 2.05) is 0 Å². The van der Waals surface area contributed by atoms with Crippen LogP contribution in [0.15, 0.2) is 12.2 Å². The van der Waals surface area contributed by atoms with Gasteiger partial charge < -0.3 is 9.84 Å².